The molecule has 2 heterocycles. The molecule has 88 valence electrons. The Morgan fingerprint density at radius 3 is 3.00 bits per heavy atom. The lowest BCUT2D eigenvalue weighted by atomic mass is 10.4. The van der Waals surface area contributed by atoms with Gasteiger partial charge in [-0.3, -0.25) is 4.79 Å². The van der Waals surface area contributed by atoms with Crippen LogP contribution in [0.2, 0.25) is 5.02 Å². The number of hydrogen-bond donors (Lipinski definition) is 1. The molecule has 0 aliphatic carbocycles. The van der Waals surface area contributed by atoms with Crippen molar-refractivity contribution in [3.8, 4) is 0 Å². The van der Waals surface area contributed by atoms with Gasteiger partial charge in [0.05, 0.1) is 10.8 Å². The molecule has 0 aromatic carbocycles. The topological polar surface area (TPSA) is 54.9 Å². The molecule has 0 atom stereocenters. The summed E-state index contributed by atoms with van der Waals surface area (Å²) >= 11 is 8.60. The zero-order valence-corrected chi connectivity index (χ0v) is 11.0. The van der Waals surface area contributed by atoms with Gasteiger partial charge < -0.3 is 5.32 Å². The number of thioether (sulfide) groups is 1. The van der Waals surface area contributed by atoms with Crippen LogP contribution in [0.25, 0.3) is 0 Å². The predicted octanol–water partition coefficient (Wildman–Crippen LogP) is 2.92. The normalized spacial score (nSPS) is 10.2. The van der Waals surface area contributed by atoms with Crippen molar-refractivity contribution in [2.24, 2.45) is 0 Å². The summed E-state index contributed by atoms with van der Waals surface area (Å²) in [6, 6.07) is 3.34. The van der Waals surface area contributed by atoms with Crippen molar-refractivity contribution in [2.75, 3.05) is 11.1 Å². The van der Waals surface area contributed by atoms with Crippen LogP contribution in [0.5, 0.6) is 0 Å². The minimum absolute atomic E-state index is 0.111. The Bertz CT molecular complexity index is 487. The fourth-order valence-corrected chi connectivity index (χ4v) is 2.59. The predicted molar refractivity (Wildman–Crippen MR) is 70.7 cm³/mol. The van der Waals surface area contributed by atoms with E-state index in [1.54, 1.807) is 18.3 Å². The van der Waals surface area contributed by atoms with E-state index in [4.69, 9.17) is 11.6 Å². The second-order valence-corrected chi connectivity index (χ2v) is 5.55. The molecule has 7 heteroatoms. The molecule has 0 aliphatic rings. The molecular formula is C10H8ClN3OS2. The average molecular weight is 286 g/mol. The maximum absolute atomic E-state index is 11.6. The highest BCUT2D eigenvalue weighted by Gasteiger charge is 2.05. The van der Waals surface area contributed by atoms with Gasteiger partial charge in [-0.25, -0.2) is 9.97 Å². The highest BCUT2D eigenvalue weighted by molar-refractivity contribution is 8.01. The average Bonchev–Trinajstić information content (AvgIpc) is 2.83. The first-order chi connectivity index (χ1) is 8.24. The van der Waals surface area contributed by atoms with Gasteiger partial charge in [0.1, 0.15) is 10.2 Å². The van der Waals surface area contributed by atoms with Crippen molar-refractivity contribution < 1.29 is 4.79 Å². The number of halogens is 1. The summed E-state index contributed by atoms with van der Waals surface area (Å²) in [7, 11) is 0. The highest BCUT2D eigenvalue weighted by Crippen LogP contribution is 2.20. The largest absolute Gasteiger partial charge is 0.310 e. The number of thiazole rings is 1. The minimum atomic E-state index is -0.111. The molecule has 0 saturated carbocycles. The number of carbonyl (C=O) groups excluding carboxylic acids is 1. The summed E-state index contributed by atoms with van der Waals surface area (Å²) in [5.74, 6) is 0.705. The Labute approximate surface area is 111 Å². The quantitative estimate of drug-likeness (QED) is 0.878. The van der Waals surface area contributed by atoms with E-state index in [0.717, 1.165) is 4.34 Å². The number of amides is 1. The molecule has 0 bridgehead atoms. The van der Waals surface area contributed by atoms with Gasteiger partial charge in [-0.2, -0.15) is 0 Å². The van der Waals surface area contributed by atoms with E-state index in [0.29, 0.717) is 16.6 Å². The maximum atomic E-state index is 11.6. The Morgan fingerprint density at radius 1 is 1.47 bits per heavy atom. The van der Waals surface area contributed by atoms with E-state index in [2.05, 4.69) is 15.3 Å². The van der Waals surface area contributed by atoms with Gasteiger partial charge >= 0.3 is 0 Å². The maximum Gasteiger partial charge on any atom is 0.235 e. The van der Waals surface area contributed by atoms with Crippen molar-refractivity contribution in [2.45, 2.75) is 4.34 Å². The summed E-state index contributed by atoms with van der Waals surface area (Å²) in [6.07, 6.45) is 3.21. The number of aromatic nitrogens is 2. The van der Waals surface area contributed by atoms with Crippen LogP contribution in [-0.2, 0) is 4.79 Å². The number of anilines is 1. The van der Waals surface area contributed by atoms with Crippen LogP contribution in [0.3, 0.4) is 0 Å². The number of nitrogens with one attached hydrogen (secondary N) is 1. The lowest BCUT2D eigenvalue weighted by Crippen LogP contribution is -2.14. The summed E-state index contributed by atoms with van der Waals surface area (Å²) < 4.78 is 0.879. The second-order valence-electron chi connectivity index (χ2n) is 3.00. The third-order valence-corrected chi connectivity index (χ3v) is 3.92. The standard InChI is InChI=1S/C10H8ClN3OS2/c11-7-1-2-8(13-5-7)14-9(15)6-17-10-12-3-4-16-10/h1-5H,6H2,(H,13,14,15). The van der Waals surface area contributed by atoms with Crippen LogP contribution in [0.4, 0.5) is 5.82 Å². The molecule has 1 amide bonds. The Kier molecular flexibility index (Phi) is 4.36. The molecule has 0 radical (unpaired) electrons. The van der Waals surface area contributed by atoms with Crippen LogP contribution in [-0.4, -0.2) is 21.6 Å². The fourth-order valence-electron chi connectivity index (χ4n) is 1.04. The first kappa shape index (κ1) is 12.3. The monoisotopic (exact) mass is 285 g/mol. The second kappa shape index (κ2) is 6.00. The molecule has 2 rings (SSSR count). The number of pyridine rings is 1. The van der Waals surface area contributed by atoms with Gasteiger partial charge in [-0.05, 0) is 12.1 Å². The number of hydrogen-bond acceptors (Lipinski definition) is 5. The summed E-state index contributed by atoms with van der Waals surface area (Å²) in [5, 5.41) is 5.10. The SMILES string of the molecule is O=C(CSc1nccs1)Nc1ccc(Cl)cn1. The van der Waals surface area contributed by atoms with Crippen molar-refractivity contribution in [1.82, 2.24) is 9.97 Å². The fraction of sp³-hybridized carbons (Fsp3) is 0.100. The van der Waals surface area contributed by atoms with Crippen molar-refractivity contribution >= 4 is 46.4 Å². The molecule has 1 N–H and O–H groups in total. The summed E-state index contributed by atoms with van der Waals surface area (Å²) in [6.45, 7) is 0. The van der Waals surface area contributed by atoms with Crippen molar-refractivity contribution in [3.05, 3.63) is 34.9 Å². The van der Waals surface area contributed by atoms with Crippen LogP contribution >= 0.6 is 34.7 Å². The molecule has 4 nitrogen and oxygen atoms in total. The number of carbonyl (C=O) groups is 1. The molecule has 2 aromatic heterocycles. The Morgan fingerprint density at radius 2 is 2.35 bits per heavy atom. The lowest BCUT2D eigenvalue weighted by Gasteiger charge is -2.02. The minimum Gasteiger partial charge on any atom is -0.310 e. The Hall–Kier alpha value is -1.11. The zero-order valence-electron chi connectivity index (χ0n) is 8.59. The van der Waals surface area contributed by atoms with Crippen LogP contribution < -0.4 is 5.32 Å². The van der Waals surface area contributed by atoms with Crippen molar-refractivity contribution in [1.29, 1.82) is 0 Å². The van der Waals surface area contributed by atoms with Gasteiger partial charge in [0.2, 0.25) is 5.91 Å². The smallest absolute Gasteiger partial charge is 0.235 e. The first-order valence-electron chi connectivity index (χ1n) is 4.68. The summed E-state index contributed by atoms with van der Waals surface area (Å²) in [4.78, 5) is 19.6. The van der Waals surface area contributed by atoms with E-state index >= 15 is 0 Å². The molecule has 0 aliphatic heterocycles. The van der Waals surface area contributed by atoms with Gasteiger partial charge in [0.25, 0.3) is 0 Å². The summed E-state index contributed by atoms with van der Waals surface area (Å²) in [5.41, 5.74) is 0. The van der Waals surface area contributed by atoms with Crippen molar-refractivity contribution in [3.63, 3.8) is 0 Å². The molecular weight excluding hydrogens is 278 g/mol. The van der Waals surface area contributed by atoms with Gasteiger partial charge in [-0.1, -0.05) is 23.4 Å². The van der Waals surface area contributed by atoms with E-state index in [9.17, 15) is 4.79 Å². The van der Waals surface area contributed by atoms with Crippen LogP contribution in [0.15, 0.2) is 34.2 Å². The molecule has 0 unspecified atom stereocenters. The lowest BCUT2D eigenvalue weighted by molar-refractivity contribution is -0.113. The molecule has 17 heavy (non-hydrogen) atoms. The first-order valence-corrected chi connectivity index (χ1v) is 6.92. The van der Waals surface area contributed by atoms with E-state index in [-0.39, 0.29) is 5.91 Å². The molecule has 0 saturated heterocycles. The highest BCUT2D eigenvalue weighted by atomic mass is 35.5. The zero-order chi connectivity index (χ0) is 12.1. The van der Waals surface area contributed by atoms with Gasteiger partial charge in [0.15, 0.2) is 0 Å². The number of rotatable bonds is 4. The number of nitrogens with zero attached hydrogens (tertiary/aromatic N) is 2. The van der Waals surface area contributed by atoms with Crippen LogP contribution in [0, 0.1) is 0 Å². The van der Waals surface area contributed by atoms with E-state index in [1.807, 2.05) is 5.38 Å². The van der Waals surface area contributed by atoms with Crippen LogP contribution in [0.1, 0.15) is 0 Å². The third kappa shape index (κ3) is 3.99. The molecule has 2 aromatic rings. The van der Waals surface area contributed by atoms with E-state index < -0.39 is 0 Å². The Balaban J connectivity index is 1.83. The molecule has 0 fully saturated rings. The van der Waals surface area contributed by atoms with E-state index in [1.165, 1.54) is 29.3 Å². The van der Waals surface area contributed by atoms with Gasteiger partial charge in [-0.15, -0.1) is 11.3 Å². The molecule has 0 spiro atoms. The van der Waals surface area contributed by atoms with Gasteiger partial charge in [0, 0.05) is 17.8 Å². The third-order valence-electron chi connectivity index (χ3n) is 1.73.